The molecule has 1 fully saturated rings. The second kappa shape index (κ2) is 7.28. The number of rotatable bonds is 4. The molecule has 0 N–H and O–H groups in total. The fraction of sp³-hybridized carbons (Fsp3) is 0.381. The third-order valence-electron chi connectivity index (χ3n) is 5.11. The summed E-state index contributed by atoms with van der Waals surface area (Å²) in [6.45, 7) is 4.12. The Hall–Kier alpha value is -2.69. The van der Waals surface area contributed by atoms with Crippen LogP contribution < -0.4 is 4.74 Å². The van der Waals surface area contributed by atoms with Crippen LogP contribution in [0.5, 0.6) is 5.88 Å². The average Bonchev–Trinajstić information content (AvgIpc) is 3.05. The maximum Gasteiger partial charge on any atom is 0.213 e. The molecule has 26 heavy (non-hydrogen) atoms. The molecule has 4 rings (SSSR count). The molecule has 2 heterocycles. The first-order valence-corrected chi connectivity index (χ1v) is 9.27. The number of benzene rings is 1. The number of nitrogens with zero attached hydrogens (tertiary/aromatic N) is 4. The summed E-state index contributed by atoms with van der Waals surface area (Å²) in [5, 5.41) is 8.86. The van der Waals surface area contributed by atoms with Crippen molar-refractivity contribution in [2.75, 3.05) is 0 Å². The van der Waals surface area contributed by atoms with Gasteiger partial charge in [-0.2, -0.15) is 0 Å². The first-order chi connectivity index (χ1) is 12.7. The van der Waals surface area contributed by atoms with E-state index < -0.39 is 0 Å². The molecule has 1 aromatic carbocycles. The summed E-state index contributed by atoms with van der Waals surface area (Å²) in [5.74, 6) is 3.15. The van der Waals surface area contributed by atoms with Crippen LogP contribution in [0.1, 0.15) is 48.8 Å². The van der Waals surface area contributed by atoms with Gasteiger partial charge in [-0.1, -0.05) is 23.8 Å². The topological polar surface area (TPSA) is 52.8 Å². The van der Waals surface area contributed by atoms with Gasteiger partial charge in [0.15, 0.2) is 0 Å². The average molecular weight is 348 g/mol. The molecule has 0 atom stereocenters. The Labute approximate surface area is 154 Å². The van der Waals surface area contributed by atoms with E-state index in [9.17, 15) is 0 Å². The molecule has 1 saturated carbocycles. The third kappa shape index (κ3) is 3.47. The van der Waals surface area contributed by atoms with Gasteiger partial charge in [0, 0.05) is 23.9 Å². The van der Waals surface area contributed by atoms with Crippen molar-refractivity contribution in [1.82, 2.24) is 19.7 Å². The Balaban J connectivity index is 1.47. The second-order valence-corrected chi connectivity index (χ2v) is 7.04. The van der Waals surface area contributed by atoms with Crippen LogP contribution in [0.2, 0.25) is 0 Å². The minimum Gasteiger partial charge on any atom is -0.474 e. The minimum atomic E-state index is 0.234. The molecule has 5 nitrogen and oxygen atoms in total. The Morgan fingerprint density at radius 2 is 1.69 bits per heavy atom. The SMILES string of the molecule is Cc1ccc(-n2c(C)nnc2C2CCC(Oc3ccccn3)CC2)cc1. The number of aryl methyl sites for hydroxylation is 2. The molecule has 0 radical (unpaired) electrons. The van der Waals surface area contributed by atoms with Crippen molar-refractivity contribution in [3.8, 4) is 11.6 Å². The first-order valence-electron chi connectivity index (χ1n) is 9.27. The van der Waals surface area contributed by atoms with E-state index in [4.69, 9.17) is 4.74 Å². The quantitative estimate of drug-likeness (QED) is 0.702. The van der Waals surface area contributed by atoms with Crippen molar-refractivity contribution < 1.29 is 4.74 Å². The molecule has 1 aliphatic carbocycles. The van der Waals surface area contributed by atoms with Gasteiger partial charge in [-0.15, -0.1) is 10.2 Å². The van der Waals surface area contributed by atoms with Gasteiger partial charge in [0.1, 0.15) is 17.8 Å². The normalized spacial score (nSPS) is 20.1. The monoisotopic (exact) mass is 348 g/mol. The van der Waals surface area contributed by atoms with Gasteiger partial charge in [0.25, 0.3) is 0 Å². The van der Waals surface area contributed by atoms with Gasteiger partial charge < -0.3 is 4.74 Å². The number of hydrogen-bond acceptors (Lipinski definition) is 4. The van der Waals surface area contributed by atoms with E-state index in [1.165, 1.54) is 5.56 Å². The van der Waals surface area contributed by atoms with Crippen LogP contribution in [0.15, 0.2) is 48.7 Å². The molecule has 0 bridgehead atoms. The van der Waals surface area contributed by atoms with Crippen molar-refractivity contribution in [2.45, 2.75) is 51.6 Å². The van der Waals surface area contributed by atoms with E-state index in [0.717, 1.165) is 48.9 Å². The summed E-state index contributed by atoms with van der Waals surface area (Å²) in [5.41, 5.74) is 2.40. The van der Waals surface area contributed by atoms with Crippen molar-refractivity contribution in [3.05, 3.63) is 65.9 Å². The smallest absolute Gasteiger partial charge is 0.213 e. The summed E-state index contributed by atoms with van der Waals surface area (Å²) < 4.78 is 8.22. The zero-order valence-electron chi connectivity index (χ0n) is 15.3. The van der Waals surface area contributed by atoms with Crippen LogP contribution in [0.25, 0.3) is 5.69 Å². The molecule has 134 valence electrons. The highest BCUT2D eigenvalue weighted by atomic mass is 16.5. The maximum atomic E-state index is 6.02. The van der Waals surface area contributed by atoms with E-state index in [-0.39, 0.29) is 6.10 Å². The summed E-state index contributed by atoms with van der Waals surface area (Å²) in [7, 11) is 0. The van der Waals surface area contributed by atoms with Gasteiger partial charge in [0.05, 0.1) is 0 Å². The lowest BCUT2D eigenvalue weighted by atomic mass is 9.86. The molecule has 3 aromatic rings. The highest BCUT2D eigenvalue weighted by Gasteiger charge is 2.28. The van der Waals surface area contributed by atoms with Crippen LogP contribution in [-0.2, 0) is 0 Å². The lowest BCUT2D eigenvalue weighted by molar-refractivity contribution is 0.139. The number of hydrogen-bond donors (Lipinski definition) is 0. The minimum absolute atomic E-state index is 0.234. The molecule has 0 aliphatic heterocycles. The lowest BCUT2D eigenvalue weighted by Gasteiger charge is -2.28. The van der Waals surface area contributed by atoms with Crippen molar-refractivity contribution in [2.24, 2.45) is 0 Å². The summed E-state index contributed by atoms with van der Waals surface area (Å²) in [6, 6.07) is 14.3. The molecule has 1 aliphatic rings. The van der Waals surface area contributed by atoms with Crippen molar-refractivity contribution in [1.29, 1.82) is 0 Å². The lowest BCUT2D eigenvalue weighted by Crippen LogP contribution is -2.25. The predicted molar refractivity (Wildman–Crippen MR) is 101 cm³/mol. The number of pyridine rings is 1. The highest BCUT2D eigenvalue weighted by Crippen LogP contribution is 2.34. The van der Waals surface area contributed by atoms with Crippen LogP contribution in [0.4, 0.5) is 0 Å². The Morgan fingerprint density at radius 3 is 2.38 bits per heavy atom. The first kappa shape index (κ1) is 16.8. The zero-order chi connectivity index (χ0) is 17.9. The molecule has 5 heteroatoms. The predicted octanol–water partition coefficient (Wildman–Crippen LogP) is 4.38. The van der Waals surface area contributed by atoms with E-state index >= 15 is 0 Å². The molecular formula is C21H24N4O. The van der Waals surface area contributed by atoms with Crippen LogP contribution in [0, 0.1) is 13.8 Å². The standard InChI is InChI=1S/C21H24N4O/c1-15-6-10-18(11-7-15)25-16(2)23-24-21(25)17-8-12-19(13-9-17)26-20-5-3-4-14-22-20/h3-7,10-11,14,17,19H,8-9,12-13H2,1-2H3. The third-order valence-corrected chi connectivity index (χ3v) is 5.11. The Bertz CT molecular complexity index is 849. The largest absolute Gasteiger partial charge is 0.474 e. The van der Waals surface area contributed by atoms with Crippen LogP contribution in [-0.4, -0.2) is 25.9 Å². The van der Waals surface area contributed by atoms with E-state index in [1.807, 2.05) is 25.1 Å². The van der Waals surface area contributed by atoms with Crippen molar-refractivity contribution >= 4 is 0 Å². The Kier molecular flexibility index (Phi) is 4.69. The van der Waals surface area contributed by atoms with Gasteiger partial charge in [-0.25, -0.2) is 4.98 Å². The Morgan fingerprint density at radius 1 is 0.923 bits per heavy atom. The number of ether oxygens (including phenoxy) is 1. The summed E-state index contributed by atoms with van der Waals surface area (Å²) in [6.07, 6.45) is 6.15. The van der Waals surface area contributed by atoms with Crippen molar-refractivity contribution in [3.63, 3.8) is 0 Å². The molecular weight excluding hydrogens is 324 g/mol. The molecule has 2 aromatic heterocycles. The van der Waals surface area contributed by atoms with Gasteiger partial charge in [-0.05, 0) is 57.7 Å². The molecule has 0 amide bonds. The molecule has 0 saturated heterocycles. The zero-order valence-corrected chi connectivity index (χ0v) is 15.3. The van der Waals surface area contributed by atoms with Crippen LogP contribution in [0.3, 0.4) is 0 Å². The van der Waals surface area contributed by atoms with Gasteiger partial charge in [0.2, 0.25) is 5.88 Å². The van der Waals surface area contributed by atoms with Crippen LogP contribution >= 0.6 is 0 Å². The van der Waals surface area contributed by atoms with Gasteiger partial charge >= 0.3 is 0 Å². The molecule has 0 unspecified atom stereocenters. The van der Waals surface area contributed by atoms with E-state index in [1.54, 1.807) is 6.20 Å². The number of aromatic nitrogens is 4. The fourth-order valence-electron chi connectivity index (χ4n) is 3.68. The summed E-state index contributed by atoms with van der Waals surface area (Å²) >= 11 is 0. The fourth-order valence-corrected chi connectivity index (χ4v) is 3.68. The summed E-state index contributed by atoms with van der Waals surface area (Å²) in [4.78, 5) is 4.27. The maximum absolute atomic E-state index is 6.02. The molecule has 0 spiro atoms. The van der Waals surface area contributed by atoms with Gasteiger partial charge in [-0.3, -0.25) is 4.57 Å². The second-order valence-electron chi connectivity index (χ2n) is 7.04. The highest BCUT2D eigenvalue weighted by molar-refractivity contribution is 5.37. The van der Waals surface area contributed by atoms with E-state index in [2.05, 4.69) is 50.9 Å². The van der Waals surface area contributed by atoms with E-state index in [0.29, 0.717) is 5.92 Å².